The monoisotopic (exact) mass is 601 g/mol. The van der Waals surface area contributed by atoms with Crippen LogP contribution in [0.25, 0.3) is 0 Å². The van der Waals surface area contributed by atoms with Crippen LogP contribution in [0.15, 0.2) is 0 Å². The average molecular weight is 602 g/mol. The molecule has 0 saturated heterocycles. The fourth-order valence-electron chi connectivity index (χ4n) is 4.28. The van der Waals surface area contributed by atoms with Crippen molar-refractivity contribution in [2.24, 2.45) is 0 Å². The molecule has 1 unspecified atom stereocenters. The number of nitrogens with zero attached hydrogens (tertiary/aromatic N) is 1. The molecule has 0 rings (SSSR count). The summed E-state index contributed by atoms with van der Waals surface area (Å²) in [7, 11) is 0.794. The third kappa shape index (κ3) is 39.9. The van der Waals surface area contributed by atoms with E-state index in [2.05, 4.69) is 28.1 Å². The summed E-state index contributed by atoms with van der Waals surface area (Å²) in [6.07, 6.45) is 22.6. The van der Waals surface area contributed by atoms with Crippen molar-refractivity contribution in [3.8, 4) is 0 Å². The summed E-state index contributed by atoms with van der Waals surface area (Å²) >= 11 is 0. The molecule has 10 heteroatoms. The second-order valence-corrected chi connectivity index (χ2v) is 15.6. The quantitative estimate of drug-likeness (QED) is 0.0684. The van der Waals surface area contributed by atoms with E-state index in [4.69, 9.17) is 22.4 Å². The molecule has 0 saturated carbocycles. The van der Waals surface area contributed by atoms with Crippen LogP contribution in [0.4, 0.5) is 0 Å². The first-order chi connectivity index (χ1) is 18.2. The lowest BCUT2D eigenvalue weighted by molar-refractivity contribution is -0.870. The standard InChI is InChI=1S/C28H60NO4S.CH4O3S/c1-6-7-8-9-10-11-12-13-14-15-16-17-18-19-20-21-24-33-26-28(32-5)27-34(30,31)25-22-23-29(2,3)4;1-5(2,3)4/h28H,6-27H2,1-5H3;1H3,(H,2,3,4)/q+1;/p-1. The summed E-state index contributed by atoms with van der Waals surface area (Å²) in [5.41, 5.74) is 0. The first-order valence-corrected chi connectivity index (χ1v) is 18.9. The molecule has 0 heterocycles. The lowest BCUT2D eigenvalue weighted by Crippen LogP contribution is -2.37. The van der Waals surface area contributed by atoms with E-state index in [9.17, 15) is 8.42 Å². The van der Waals surface area contributed by atoms with Crippen LogP contribution >= 0.6 is 0 Å². The SMILES string of the molecule is CCCCCCCCCCCCCCCCCCOCC(CS(=O)(=O)CCC[N+](C)(C)C)OC.CS(=O)(=O)[O-]. The third-order valence-corrected chi connectivity index (χ3v) is 8.29. The minimum atomic E-state index is -3.92. The van der Waals surface area contributed by atoms with Crippen molar-refractivity contribution < 1.29 is 35.3 Å². The molecule has 0 amide bonds. The predicted molar refractivity (Wildman–Crippen MR) is 163 cm³/mol. The molecular weight excluding hydrogens is 538 g/mol. The summed E-state index contributed by atoms with van der Waals surface area (Å²) in [5, 5.41) is 0. The van der Waals surface area contributed by atoms with Crippen LogP contribution in [0.1, 0.15) is 116 Å². The van der Waals surface area contributed by atoms with Crippen molar-refractivity contribution in [2.75, 3.05) is 65.8 Å². The highest BCUT2D eigenvalue weighted by molar-refractivity contribution is 7.91. The van der Waals surface area contributed by atoms with Gasteiger partial charge in [-0.3, -0.25) is 0 Å². The fraction of sp³-hybridized carbons (Fsp3) is 1.00. The van der Waals surface area contributed by atoms with Crippen molar-refractivity contribution >= 4 is 20.0 Å². The van der Waals surface area contributed by atoms with Gasteiger partial charge in [-0.05, 0) is 6.42 Å². The van der Waals surface area contributed by atoms with E-state index in [1.807, 2.05) is 0 Å². The maximum absolute atomic E-state index is 12.3. The van der Waals surface area contributed by atoms with Crippen molar-refractivity contribution in [1.29, 1.82) is 0 Å². The smallest absolute Gasteiger partial charge is 0.153 e. The average Bonchev–Trinajstić information content (AvgIpc) is 2.80. The van der Waals surface area contributed by atoms with Crippen molar-refractivity contribution in [2.45, 2.75) is 122 Å². The fourth-order valence-corrected chi connectivity index (χ4v) is 5.81. The van der Waals surface area contributed by atoms with Crippen LogP contribution in [0, 0.1) is 0 Å². The molecule has 1 atom stereocenters. The van der Waals surface area contributed by atoms with Crippen molar-refractivity contribution in [1.82, 2.24) is 0 Å². The van der Waals surface area contributed by atoms with Crippen LogP contribution in [-0.2, 0) is 29.4 Å². The van der Waals surface area contributed by atoms with Gasteiger partial charge in [0.2, 0.25) is 0 Å². The minimum absolute atomic E-state index is 0.0552. The maximum atomic E-state index is 12.3. The summed E-state index contributed by atoms with van der Waals surface area (Å²) < 4.78 is 63.8. The molecule has 8 nitrogen and oxygen atoms in total. The normalized spacial score (nSPS) is 13.2. The molecule has 39 heavy (non-hydrogen) atoms. The Kier molecular flexibility index (Phi) is 26.7. The maximum Gasteiger partial charge on any atom is 0.153 e. The van der Waals surface area contributed by atoms with Crippen LogP contribution < -0.4 is 0 Å². The highest BCUT2D eigenvalue weighted by Gasteiger charge is 2.20. The van der Waals surface area contributed by atoms with Crippen LogP contribution in [0.2, 0.25) is 0 Å². The second kappa shape index (κ2) is 25.5. The Labute approximate surface area is 242 Å². The second-order valence-electron chi connectivity index (χ2n) is 11.9. The predicted octanol–water partition coefficient (Wildman–Crippen LogP) is 5.95. The molecule has 0 aromatic heterocycles. The Morgan fingerprint density at radius 3 is 1.44 bits per heavy atom. The molecule has 0 aliphatic heterocycles. The number of methoxy groups -OCH3 is 1. The van der Waals surface area contributed by atoms with Gasteiger partial charge in [0.05, 0.1) is 62.0 Å². The Morgan fingerprint density at radius 2 is 1.08 bits per heavy atom. The molecule has 0 spiro atoms. The van der Waals surface area contributed by atoms with Crippen LogP contribution in [0.5, 0.6) is 0 Å². The number of rotatable bonds is 26. The van der Waals surface area contributed by atoms with E-state index in [0.29, 0.717) is 25.9 Å². The van der Waals surface area contributed by atoms with Gasteiger partial charge < -0.3 is 18.5 Å². The van der Waals surface area contributed by atoms with E-state index in [1.165, 1.54) is 96.3 Å². The number of quaternary nitrogens is 1. The highest BCUT2D eigenvalue weighted by atomic mass is 32.2. The molecular formula is C29H63NO7S2. The Balaban J connectivity index is 0. The van der Waals surface area contributed by atoms with Crippen molar-refractivity contribution in [3.63, 3.8) is 0 Å². The highest BCUT2D eigenvalue weighted by Crippen LogP contribution is 2.14. The number of hydrogen-bond donors (Lipinski definition) is 0. The Bertz CT molecular complexity index is 727. The zero-order chi connectivity index (χ0) is 30.0. The van der Waals surface area contributed by atoms with E-state index in [-0.39, 0.29) is 17.6 Å². The number of ether oxygens (including phenoxy) is 2. The molecule has 0 fully saturated rings. The van der Waals surface area contributed by atoms with E-state index in [0.717, 1.165) is 17.4 Å². The molecule has 0 aromatic rings. The zero-order valence-electron chi connectivity index (χ0n) is 26.3. The van der Waals surface area contributed by atoms with Gasteiger partial charge in [0.15, 0.2) is 9.84 Å². The summed E-state index contributed by atoms with van der Waals surface area (Å²) in [6, 6.07) is 0. The molecule has 0 aromatic carbocycles. The van der Waals surface area contributed by atoms with Gasteiger partial charge in [-0.2, -0.15) is 0 Å². The zero-order valence-corrected chi connectivity index (χ0v) is 27.9. The van der Waals surface area contributed by atoms with Crippen LogP contribution in [-0.4, -0.2) is 97.7 Å². The largest absolute Gasteiger partial charge is 0.748 e. The van der Waals surface area contributed by atoms with Gasteiger partial charge in [-0.1, -0.05) is 103 Å². The number of unbranched alkanes of at least 4 members (excludes halogenated alkanes) is 15. The van der Waals surface area contributed by atoms with Gasteiger partial charge >= 0.3 is 0 Å². The molecule has 0 bridgehead atoms. The lowest BCUT2D eigenvalue weighted by atomic mass is 10.0. The summed E-state index contributed by atoms with van der Waals surface area (Å²) in [6.45, 7) is 4.19. The molecule has 0 N–H and O–H groups in total. The van der Waals surface area contributed by atoms with E-state index >= 15 is 0 Å². The number of sulfone groups is 1. The molecule has 0 aliphatic rings. The topological polar surface area (TPSA) is 110 Å². The minimum Gasteiger partial charge on any atom is -0.748 e. The Morgan fingerprint density at radius 1 is 0.692 bits per heavy atom. The van der Waals surface area contributed by atoms with Gasteiger partial charge in [0, 0.05) is 26.4 Å². The third-order valence-electron chi connectivity index (χ3n) is 6.50. The van der Waals surface area contributed by atoms with Gasteiger partial charge in [0.1, 0.15) is 0 Å². The van der Waals surface area contributed by atoms with Gasteiger partial charge in [-0.25, -0.2) is 16.8 Å². The van der Waals surface area contributed by atoms with Gasteiger partial charge in [0.25, 0.3) is 0 Å². The lowest BCUT2D eigenvalue weighted by Gasteiger charge is -2.23. The molecule has 238 valence electrons. The van der Waals surface area contributed by atoms with Crippen LogP contribution in [0.3, 0.4) is 0 Å². The first-order valence-electron chi connectivity index (χ1n) is 15.2. The summed E-state index contributed by atoms with van der Waals surface area (Å²) in [4.78, 5) is 0. The van der Waals surface area contributed by atoms with Crippen molar-refractivity contribution in [3.05, 3.63) is 0 Å². The Hall–Kier alpha value is -0.260. The molecule has 0 aliphatic carbocycles. The van der Waals surface area contributed by atoms with E-state index < -0.39 is 20.0 Å². The van der Waals surface area contributed by atoms with E-state index in [1.54, 1.807) is 7.11 Å². The van der Waals surface area contributed by atoms with Gasteiger partial charge in [-0.15, -0.1) is 0 Å². The summed E-state index contributed by atoms with van der Waals surface area (Å²) in [5.74, 6) is 0.279. The molecule has 0 radical (unpaired) electrons. The number of hydrogen-bond acceptors (Lipinski definition) is 7. The first kappa shape index (κ1) is 40.9.